The van der Waals surface area contributed by atoms with Gasteiger partial charge < -0.3 is 9.88 Å². The monoisotopic (exact) mass is 321 g/mol. The molecule has 0 atom stereocenters. The zero-order chi connectivity index (χ0) is 17.3. The fourth-order valence-electron chi connectivity index (χ4n) is 2.41. The molecule has 1 amide bonds. The van der Waals surface area contributed by atoms with Gasteiger partial charge in [-0.05, 0) is 43.3 Å². The first-order chi connectivity index (χ1) is 11.5. The number of hydrogen-bond acceptors (Lipinski definition) is 4. The molecule has 0 unspecified atom stereocenters. The molecule has 1 N–H and O–H groups in total. The second kappa shape index (κ2) is 6.08. The van der Waals surface area contributed by atoms with E-state index >= 15 is 0 Å². The minimum Gasteiger partial charge on any atom is -0.320 e. The topological polar surface area (TPSA) is 81.1 Å². The molecule has 2 aromatic carbocycles. The molecule has 0 spiro atoms. The second-order valence-electron chi connectivity index (χ2n) is 5.40. The first-order valence-corrected chi connectivity index (χ1v) is 7.35. The summed E-state index contributed by atoms with van der Waals surface area (Å²) in [6.45, 7) is 1.47. The number of para-hydroxylation sites is 2. The molecule has 120 valence electrons. The maximum Gasteiger partial charge on any atom is 0.282 e. The zero-order valence-electron chi connectivity index (χ0n) is 13.2. The Hall–Kier alpha value is -3.28. The van der Waals surface area contributed by atoms with Crippen molar-refractivity contribution in [3.63, 3.8) is 0 Å². The molecule has 0 saturated heterocycles. The second-order valence-corrected chi connectivity index (χ2v) is 5.40. The van der Waals surface area contributed by atoms with Gasteiger partial charge in [-0.3, -0.25) is 14.4 Å². The van der Waals surface area contributed by atoms with Gasteiger partial charge in [0, 0.05) is 18.3 Å². The molecule has 0 saturated carbocycles. The number of carbonyl (C=O) groups is 2. The molecule has 1 aromatic heterocycles. The predicted octanol–water partition coefficient (Wildman–Crippen LogP) is 2.39. The quantitative estimate of drug-likeness (QED) is 0.751. The van der Waals surface area contributed by atoms with Crippen LogP contribution in [-0.4, -0.2) is 21.2 Å². The maximum atomic E-state index is 12.4. The number of amides is 1. The number of nitrogens with zero attached hydrogens (tertiary/aromatic N) is 2. The molecule has 0 aliphatic carbocycles. The van der Waals surface area contributed by atoms with Gasteiger partial charge in [-0.25, -0.2) is 4.98 Å². The Balaban J connectivity index is 1.95. The summed E-state index contributed by atoms with van der Waals surface area (Å²) in [5, 5.41) is 2.63. The predicted molar refractivity (Wildman–Crippen MR) is 91.4 cm³/mol. The highest BCUT2D eigenvalue weighted by atomic mass is 16.2. The largest absolute Gasteiger partial charge is 0.320 e. The van der Waals surface area contributed by atoms with E-state index in [9.17, 15) is 14.4 Å². The normalized spacial score (nSPS) is 10.6. The Kier molecular flexibility index (Phi) is 3.95. The van der Waals surface area contributed by atoms with Gasteiger partial charge in [0.25, 0.3) is 11.5 Å². The molecule has 3 rings (SSSR count). The van der Waals surface area contributed by atoms with E-state index in [0.717, 1.165) is 0 Å². The fraction of sp³-hybridized carbons (Fsp3) is 0.111. The number of rotatable bonds is 3. The highest BCUT2D eigenvalue weighted by molar-refractivity contribution is 6.04. The van der Waals surface area contributed by atoms with Crippen LogP contribution in [-0.2, 0) is 7.05 Å². The average molecular weight is 321 g/mol. The lowest BCUT2D eigenvalue weighted by Crippen LogP contribution is -2.29. The first-order valence-electron chi connectivity index (χ1n) is 7.35. The molecule has 0 aliphatic rings. The lowest BCUT2D eigenvalue weighted by molar-refractivity contribution is 0.101. The minimum atomic E-state index is -0.586. The van der Waals surface area contributed by atoms with Gasteiger partial charge in [0.15, 0.2) is 11.5 Å². The van der Waals surface area contributed by atoms with Crippen molar-refractivity contribution in [2.75, 3.05) is 5.32 Å². The summed E-state index contributed by atoms with van der Waals surface area (Å²) in [5.74, 6) is -0.644. The Morgan fingerprint density at radius 1 is 1.04 bits per heavy atom. The van der Waals surface area contributed by atoms with Gasteiger partial charge in [0.2, 0.25) is 0 Å². The molecule has 6 heteroatoms. The SMILES string of the molecule is CC(=O)c1ccc(NC(=O)c2nc3ccccc3n(C)c2=O)cc1. The van der Waals surface area contributed by atoms with Crippen molar-refractivity contribution in [3.05, 3.63) is 70.1 Å². The number of hydrogen-bond donors (Lipinski definition) is 1. The number of Topliss-reactive ketones (excluding diaryl/α,β-unsaturated/α-hetero) is 1. The van der Waals surface area contributed by atoms with Gasteiger partial charge in [-0.1, -0.05) is 12.1 Å². The Bertz CT molecular complexity index is 1000. The summed E-state index contributed by atoms with van der Waals surface area (Å²) in [7, 11) is 1.60. The Labute approximate surface area is 137 Å². The summed E-state index contributed by atoms with van der Waals surface area (Å²) in [4.78, 5) is 40.2. The average Bonchev–Trinajstić information content (AvgIpc) is 2.58. The Morgan fingerprint density at radius 3 is 2.38 bits per heavy atom. The van der Waals surface area contributed by atoms with Crippen LogP contribution in [0.4, 0.5) is 5.69 Å². The van der Waals surface area contributed by atoms with Crippen molar-refractivity contribution in [2.45, 2.75) is 6.92 Å². The first kappa shape index (κ1) is 15.6. The number of ketones is 1. The van der Waals surface area contributed by atoms with E-state index in [4.69, 9.17) is 0 Å². The smallest absolute Gasteiger partial charge is 0.282 e. The summed E-state index contributed by atoms with van der Waals surface area (Å²) >= 11 is 0. The lowest BCUT2D eigenvalue weighted by atomic mass is 10.1. The van der Waals surface area contributed by atoms with Crippen LogP contribution in [0.5, 0.6) is 0 Å². The van der Waals surface area contributed by atoms with Gasteiger partial charge >= 0.3 is 0 Å². The standard InChI is InChI=1S/C18H15N3O3/c1-11(22)12-7-9-13(10-8-12)19-17(23)16-18(24)21(2)15-6-4-3-5-14(15)20-16/h3-10H,1-2H3,(H,19,23). The molecule has 1 heterocycles. The molecule has 0 aliphatic heterocycles. The van der Waals surface area contributed by atoms with Crippen LogP contribution in [0.2, 0.25) is 0 Å². The molecular formula is C18H15N3O3. The van der Waals surface area contributed by atoms with E-state index in [1.54, 1.807) is 55.6 Å². The van der Waals surface area contributed by atoms with E-state index in [1.807, 2.05) is 0 Å². The lowest BCUT2D eigenvalue weighted by Gasteiger charge is -2.08. The van der Waals surface area contributed by atoms with Gasteiger partial charge in [-0.2, -0.15) is 0 Å². The molecule has 0 fully saturated rings. The van der Waals surface area contributed by atoms with Crippen molar-refractivity contribution in [2.24, 2.45) is 7.05 Å². The van der Waals surface area contributed by atoms with E-state index in [0.29, 0.717) is 22.3 Å². The maximum absolute atomic E-state index is 12.4. The number of benzene rings is 2. The molecule has 24 heavy (non-hydrogen) atoms. The van der Waals surface area contributed by atoms with Crippen LogP contribution in [0.15, 0.2) is 53.3 Å². The van der Waals surface area contributed by atoms with E-state index in [1.165, 1.54) is 11.5 Å². The van der Waals surface area contributed by atoms with Crippen LogP contribution in [0.25, 0.3) is 11.0 Å². The van der Waals surface area contributed by atoms with Gasteiger partial charge in [0.1, 0.15) is 0 Å². The third-order valence-electron chi connectivity index (χ3n) is 3.75. The number of nitrogens with one attached hydrogen (secondary N) is 1. The van der Waals surface area contributed by atoms with Crippen LogP contribution in [0.3, 0.4) is 0 Å². The highest BCUT2D eigenvalue weighted by Gasteiger charge is 2.16. The van der Waals surface area contributed by atoms with Crippen LogP contribution in [0.1, 0.15) is 27.8 Å². The van der Waals surface area contributed by atoms with Crippen LogP contribution >= 0.6 is 0 Å². The van der Waals surface area contributed by atoms with Crippen LogP contribution < -0.4 is 10.9 Å². The van der Waals surface area contributed by atoms with E-state index in [-0.39, 0.29) is 11.5 Å². The molecular weight excluding hydrogens is 306 g/mol. The van der Waals surface area contributed by atoms with Crippen molar-refractivity contribution in [1.29, 1.82) is 0 Å². The number of aryl methyl sites for hydroxylation is 1. The van der Waals surface area contributed by atoms with E-state index in [2.05, 4.69) is 10.3 Å². The van der Waals surface area contributed by atoms with E-state index < -0.39 is 11.5 Å². The van der Waals surface area contributed by atoms with Gasteiger partial charge in [-0.15, -0.1) is 0 Å². The van der Waals surface area contributed by atoms with Gasteiger partial charge in [0.05, 0.1) is 11.0 Å². The zero-order valence-corrected chi connectivity index (χ0v) is 13.2. The molecule has 6 nitrogen and oxygen atoms in total. The number of carbonyl (C=O) groups excluding carboxylic acids is 2. The number of anilines is 1. The third-order valence-corrected chi connectivity index (χ3v) is 3.75. The van der Waals surface area contributed by atoms with Crippen molar-refractivity contribution in [1.82, 2.24) is 9.55 Å². The fourth-order valence-corrected chi connectivity index (χ4v) is 2.41. The summed E-state index contributed by atoms with van der Waals surface area (Å²) in [6.07, 6.45) is 0. The molecule has 0 radical (unpaired) electrons. The highest BCUT2D eigenvalue weighted by Crippen LogP contribution is 2.12. The number of aromatic nitrogens is 2. The number of fused-ring (bicyclic) bond motifs is 1. The third kappa shape index (κ3) is 2.81. The summed E-state index contributed by atoms with van der Waals surface area (Å²) in [6, 6.07) is 13.6. The molecule has 0 bridgehead atoms. The Morgan fingerprint density at radius 2 is 1.71 bits per heavy atom. The minimum absolute atomic E-state index is 0.0575. The van der Waals surface area contributed by atoms with Crippen LogP contribution in [0, 0.1) is 0 Å². The summed E-state index contributed by atoms with van der Waals surface area (Å²) in [5.41, 5.74) is 1.62. The van der Waals surface area contributed by atoms with Crippen molar-refractivity contribution in [3.8, 4) is 0 Å². The van der Waals surface area contributed by atoms with Crippen molar-refractivity contribution < 1.29 is 9.59 Å². The molecule has 3 aromatic rings. The summed E-state index contributed by atoms with van der Waals surface area (Å²) < 4.78 is 1.40. The van der Waals surface area contributed by atoms with Crippen molar-refractivity contribution >= 4 is 28.4 Å².